The summed E-state index contributed by atoms with van der Waals surface area (Å²) >= 11 is 21.6. The number of nitrogens with two attached hydrogens (primary N) is 1. The average molecular weight is 395 g/mol. The van der Waals surface area contributed by atoms with Gasteiger partial charge in [0.2, 0.25) is 0 Å². The minimum atomic E-state index is -0.114. The van der Waals surface area contributed by atoms with E-state index in [0.29, 0.717) is 21.6 Å². The lowest BCUT2D eigenvalue weighted by Gasteiger charge is -2.20. The highest BCUT2D eigenvalue weighted by Crippen LogP contribution is 2.30. The highest BCUT2D eigenvalue weighted by atomic mass is 79.9. The topological polar surface area (TPSA) is 38.0 Å². The van der Waals surface area contributed by atoms with Crippen molar-refractivity contribution in [1.82, 2.24) is 0 Å². The molecule has 3 N–H and O–H groups in total. The van der Waals surface area contributed by atoms with Crippen LogP contribution in [0.4, 0.5) is 5.69 Å². The van der Waals surface area contributed by atoms with Crippen LogP contribution >= 0.6 is 50.7 Å². The van der Waals surface area contributed by atoms with E-state index < -0.39 is 0 Å². The highest BCUT2D eigenvalue weighted by molar-refractivity contribution is 9.10. The molecule has 106 valence electrons. The molecule has 0 amide bonds. The number of benzene rings is 2. The van der Waals surface area contributed by atoms with E-state index in [1.54, 1.807) is 12.1 Å². The van der Waals surface area contributed by atoms with Gasteiger partial charge in [-0.3, -0.25) is 0 Å². The molecular weight excluding hydrogens is 382 g/mol. The van der Waals surface area contributed by atoms with Gasteiger partial charge in [-0.2, -0.15) is 0 Å². The third kappa shape index (κ3) is 3.80. The first-order valence-electron chi connectivity index (χ1n) is 5.88. The van der Waals surface area contributed by atoms with Crippen molar-refractivity contribution in [3.63, 3.8) is 0 Å². The molecule has 0 saturated heterocycles. The average Bonchev–Trinajstić information content (AvgIpc) is 2.41. The smallest absolute Gasteiger partial charge is 0.0650 e. The molecular formula is C14H12BrCl3N2. The van der Waals surface area contributed by atoms with Gasteiger partial charge in [0.05, 0.1) is 11.1 Å². The molecule has 0 heterocycles. The SMILES string of the molecule is NCC(Nc1ccc(Br)c(Cl)c1)c1ccc(Cl)cc1Cl. The van der Waals surface area contributed by atoms with Crippen molar-refractivity contribution >= 4 is 56.4 Å². The maximum absolute atomic E-state index is 6.21. The molecule has 6 heteroatoms. The first-order chi connectivity index (χ1) is 9.51. The molecule has 0 spiro atoms. The quantitative estimate of drug-likeness (QED) is 0.716. The fraction of sp³-hybridized carbons (Fsp3) is 0.143. The van der Waals surface area contributed by atoms with Gasteiger partial charge in [0, 0.05) is 26.8 Å². The summed E-state index contributed by atoms with van der Waals surface area (Å²) < 4.78 is 0.846. The number of hydrogen-bond acceptors (Lipinski definition) is 2. The molecule has 0 aliphatic heterocycles. The molecule has 2 rings (SSSR count). The molecule has 2 nitrogen and oxygen atoms in total. The fourth-order valence-electron chi connectivity index (χ4n) is 1.83. The zero-order valence-electron chi connectivity index (χ0n) is 10.3. The van der Waals surface area contributed by atoms with Gasteiger partial charge >= 0.3 is 0 Å². The van der Waals surface area contributed by atoms with Gasteiger partial charge in [-0.25, -0.2) is 0 Å². The lowest BCUT2D eigenvalue weighted by Crippen LogP contribution is -2.21. The van der Waals surface area contributed by atoms with Crippen LogP contribution in [0.3, 0.4) is 0 Å². The second kappa shape index (κ2) is 7.01. The standard InChI is InChI=1S/C14H12BrCl3N2/c15-11-4-2-9(6-13(11)18)20-14(7-19)10-3-1-8(16)5-12(10)17/h1-6,14,20H,7,19H2. The number of hydrogen-bond donors (Lipinski definition) is 2. The van der Waals surface area contributed by atoms with Crippen LogP contribution in [0.5, 0.6) is 0 Å². The molecule has 0 bridgehead atoms. The van der Waals surface area contributed by atoms with Crippen LogP contribution in [-0.2, 0) is 0 Å². The second-order valence-electron chi connectivity index (χ2n) is 4.23. The fourth-order valence-corrected chi connectivity index (χ4v) is 2.80. The van der Waals surface area contributed by atoms with Gasteiger partial charge < -0.3 is 11.1 Å². The zero-order chi connectivity index (χ0) is 14.7. The maximum atomic E-state index is 6.21. The molecule has 0 aliphatic rings. The van der Waals surface area contributed by atoms with Gasteiger partial charge in [0.25, 0.3) is 0 Å². The largest absolute Gasteiger partial charge is 0.377 e. The molecule has 2 aromatic carbocycles. The third-order valence-electron chi connectivity index (χ3n) is 2.83. The molecule has 0 fully saturated rings. The summed E-state index contributed by atoms with van der Waals surface area (Å²) in [5, 5.41) is 5.13. The van der Waals surface area contributed by atoms with Crippen molar-refractivity contribution in [2.24, 2.45) is 5.73 Å². The molecule has 0 radical (unpaired) electrons. The van der Waals surface area contributed by atoms with E-state index in [1.165, 1.54) is 0 Å². The minimum Gasteiger partial charge on any atom is -0.377 e. The van der Waals surface area contributed by atoms with Crippen LogP contribution in [0.25, 0.3) is 0 Å². The van der Waals surface area contributed by atoms with Crippen LogP contribution < -0.4 is 11.1 Å². The lowest BCUT2D eigenvalue weighted by molar-refractivity contribution is 0.790. The number of nitrogens with one attached hydrogen (secondary N) is 1. The van der Waals surface area contributed by atoms with Crippen LogP contribution in [0.2, 0.25) is 15.1 Å². The van der Waals surface area contributed by atoms with Crippen LogP contribution in [0, 0.1) is 0 Å². The number of rotatable bonds is 4. The number of halogens is 4. The molecule has 1 atom stereocenters. The summed E-state index contributed by atoms with van der Waals surface area (Å²) in [5.74, 6) is 0. The first-order valence-corrected chi connectivity index (χ1v) is 7.80. The van der Waals surface area contributed by atoms with Crippen molar-refractivity contribution in [3.05, 3.63) is 61.5 Å². The van der Waals surface area contributed by atoms with Gasteiger partial charge in [0.15, 0.2) is 0 Å². The Morgan fingerprint density at radius 1 is 1.05 bits per heavy atom. The Bertz CT molecular complexity index is 619. The van der Waals surface area contributed by atoms with Gasteiger partial charge in [-0.1, -0.05) is 40.9 Å². The summed E-state index contributed by atoms with van der Waals surface area (Å²) in [4.78, 5) is 0. The maximum Gasteiger partial charge on any atom is 0.0650 e. The summed E-state index contributed by atoms with van der Waals surface area (Å²) in [6, 6.07) is 10.9. The van der Waals surface area contributed by atoms with Crippen LogP contribution in [0.1, 0.15) is 11.6 Å². The van der Waals surface area contributed by atoms with E-state index in [9.17, 15) is 0 Å². The van der Waals surface area contributed by atoms with E-state index in [0.717, 1.165) is 15.7 Å². The van der Waals surface area contributed by atoms with Crippen molar-refractivity contribution in [3.8, 4) is 0 Å². The Kier molecular flexibility index (Phi) is 5.58. The van der Waals surface area contributed by atoms with E-state index >= 15 is 0 Å². The van der Waals surface area contributed by atoms with E-state index in [1.807, 2.05) is 24.3 Å². The Hall–Kier alpha value is -0.450. The lowest BCUT2D eigenvalue weighted by atomic mass is 10.1. The summed E-state index contributed by atoms with van der Waals surface area (Å²) in [6.45, 7) is 0.398. The summed E-state index contributed by atoms with van der Waals surface area (Å²) in [6.07, 6.45) is 0. The van der Waals surface area contributed by atoms with E-state index in [2.05, 4.69) is 21.2 Å². The third-order valence-corrected chi connectivity index (χ3v) is 4.63. The van der Waals surface area contributed by atoms with Crippen LogP contribution in [-0.4, -0.2) is 6.54 Å². The number of anilines is 1. The Morgan fingerprint density at radius 3 is 2.40 bits per heavy atom. The Labute approximate surface area is 141 Å². The van der Waals surface area contributed by atoms with Crippen molar-refractivity contribution in [1.29, 1.82) is 0 Å². The summed E-state index contributed by atoms with van der Waals surface area (Å²) in [5.41, 5.74) is 7.61. The second-order valence-corrected chi connectivity index (χ2v) is 6.33. The van der Waals surface area contributed by atoms with Crippen molar-refractivity contribution in [2.45, 2.75) is 6.04 Å². The molecule has 0 aromatic heterocycles. The van der Waals surface area contributed by atoms with E-state index in [-0.39, 0.29) is 6.04 Å². The normalized spacial score (nSPS) is 12.2. The van der Waals surface area contributed by atoms with Crippen LogP contribution in [0.15, 0.2) is 40.9 Å². The summed E-state index contributed by atoms with van der Waals surface area (Å²) in [7, 11) is 0. The van der Waals surface area contributed by atoms with Crippen molar-refractivity contribution < 1.29 is 0 Å². The predicted octanol–water partition coefficient (Wildman–Crippen LogP) is 5.52. The Balaban J connectivity index is 2.26. The van der Waals surface area contributed by atoms with E-state index in [4.69, 9.17) is 40.5 Å². The van der Waals surface area contributed by atoms with Gasteiger partial charge in [-0.15, -0.1) is 0 Å². The molecule has 20 heavy (non-hydrogen) atoms. The highest BCUT2D eigenvalue weighted by Gasteiger charge is 2.14. The zero-order valence-corrected chi connectivity index (χ0v) is 14.2. The predicted molar refractivity (Wildman–Crippen MR) is 91.0 cm³/mol. The molecule has 1 unspecified atom stereocenters. The van der Waals surface area contributed by atoms with Crippen molar-refractivity contribution in [2.75, 3.05) is 11.9 Å². The van der Waals surface area contributed by atoms with Gasteiger partial charge in [-0.05, 0) is 51.8 Å². The minimum absolute atomic E-state index is 0.114. The molecule has 2 aromatic rings. The van der Waals surface area contributed by atoms with Gasteiger partial charge in [0.1, 0.15) is 0 Å². The molecule has 0 aliphatic carbocycles. The Morgan fingerprint density at radius 2 is 1.80 bits per heavy atom. The first kappa shape index (κ1) is 15.9. The monoisotopic (exact) mass is 392 g/mol. The molecule has 0 saturated carbocycles.